The topological polar surface area (TPSA) is 55.8 Å². The third-order valence-electron chi connectivity index (χ3n) is 2.89. The van der Waals surface area contributed by atoms with Gasteiger partial charge in [0.25, 0.3) is 0 Å². The minimum atomic E-state index is -0.852. The summed E-state index contributed by atoms with van der Waals surface area (Å²) in [5, 5.41) is 9.19. The van der Waals surface area contributed by atoms with E-state index >= 15 is 0 Å². The number of benzene rings is 1. The zero-order valence-corrected chi connectivity index (χ0v) is 9.54. The molecule has 0 radical (unpaired) electrons. The lowest BCUT2D eigenvalue weighted by Crippen LogP contribution is -2.22. The minimum absolute atomic E-state index is 0.0422. The largest absolute Gasteiger partial charge is 0.481 e. The summed E-state index contributed by atoms with van der Waals surface area (Å²) < 4.78 is 10.8. The first-order valence-corrected chi connectivity index (χ1v) is 5.74. The summed E-state index contributed by atoms with van der Waals surface area (Å²) in [5.41, 5.74) is 0.777. The molecular weight excluding hydrogens is 220 g/mol. The van der Waals surface area contributed by atoms with E-state index in [9.17, 15) is 9.90 Å². The molecule has 17 heavy (non-hydrogen) atoms. The molecule has 0 aromatic heterocycles. The Morgan fingerprint density at radius 3 is 2.82 bits per heavy atom. The van der Waals surface area contributed by atoms with Crippen LogP contribution in [0.25, 0.3) is 0 Å². The van der Waals surface area contributed by atoms with E-state index in [0.29, 0.717) is 13.2 Å². The van der Waals surface area contributed by atoms with E-state index < -0.39 is 11.9 Å². The second kappa shape index (κ2) is 5.80. The maximum Gasteiger partial charge on any atom is 0.313 e. The Morgan fingerprint density at radius 2 is 2.24 bits per heavy atom. The standard InChI is InChI=1S/C13H16O4/c14-13(15)12(10-4-2-1-3-5-10)9-17-11-6-7-16-8-11/h1-5,11-12H,6-9H2,(H,14,15). The number of aliphatic carboxylic acids is 1. The zero-order valence-electron chi connectivity index (χ0n) is 9.54. The molecule has 0 amide bonds. The van der Waals surface area contributed by atoms with E-state index in [2.05, 4.69) is 0 Å². The fraction of sp³-hybridized carbons (Fsp3) is 0.462. The normalized spacial score (nSPS) is 21.3. The second-order valence-electron chi connectivity index (χ2n) is 4.12. The van der Waals surface area contributed by atoms with Crippen LogP contribution in [0.5, 0.6) is 0 Å². The molecule has 92 valence electrons. The molecule has 1 aromatic carbocycles. The van der Waals surface area contributed by atoms with Crippen LogP contribution in [-0.4, -0.2) is 37.0 Å². The number of hydrogen-bond donors (Lipinski definition) is 1. The average Bonchev–Trinajstić information content (AvgIpc) is 2.83. The first kappa shape index (κ1) is 12.1. The van der Waals surface area contributed by atoms with Crippen LogP contribution in [0.4, 0.5) is 0 Å². The summed E-state index contributed by atoms with van der Waals surface area (Å²) in [6.07, 6.45) is 0.891. The molecule has 1 heterocycles. The van der Waals surface area contributed by atoms with Gasteiger partial charge >= 0.3 is 5.97 Å². The molecule has 1 fully saturated rings. The van der Waals surface area contributed by atoms with Crippen molar-refractivity contribution in [1.82, 2.24) is 0 Å². The van der Waals surface area contributed by atoms with Crippen LogP contribution in [0.2, 0.25) is 0 Å². The zero-order chi connectivity index (χ0) is 12.1. The molecule has 1 aliphatic heterocycles. The highest BCUT2D eigenvalue weighted by atomic mass is 16.5. The van der Waals surface area contributed by atoms with Gasteiger partial charge in [0.1, 0.15) is 5.92 Å². The third kappa shape index (κ3) is 3.28. The van der Waals surface area contributed by atoms with E-state index in [1.54, 1.807) is 0 Å². The Labute approximate surface area is 100 Å². The van der Waals surface area contributed by atoms with Gasteiger partial charge in [0, 0.05) is 6.61 Å². The second-order valence-corrected chi connectivity index (χ2v) is 4.12. The lowest BCUT2D eigenvalue weighted by atomic mass is 10.0. The minimum Gasteiger partial charge on any atom is -0.481 e. The van der Waals surface area contributed by atoms with Crippen LogP contribution in [0.3, 0.4) is 0 Å². The van der Waals surface area contributed by atoms with Gasteiger partial charge in [-0.1, -0.05) is 30.3 Å². The molecule has 1 aromatic rings. The Hall–Kier alpha value is -1.39. The molecule has 0 bridgehead atoms. The number of ether oxygens (including phenoxy) is 2. The monoisotopic (exact) mass is 236 g/mol. The van der Waals surface area contributed by atoms with Crippen molar-refractivity contribution in [2.45, 2.75) is 18.4 Å². The quantitative estimate of drug-likeness (QED) is 0.844. The Bertz CT molecular complexity index is 357. The van der Waals surface area contributed by atoms with E-state index in [-0.39, 0.29) is 12.7 Å². The Morgan fingerprint density at radius 1 is 1.47 bits per heavy atom. The van der Waals surface area contributed by atoms with Gasteiger partial charge in [0.2, 0.25) is 0 Å². The van der Waals surface area contributed by atoms with Crippen molar-refractivity contribution in [1.29, 1.82) is 0 Å². The van der Waals surface area contributed by atoms with Crippen molar-refractivity contribution in [3.63, 3.8) is 0 Å². The predicted molar refractivity (Wildman–Crippen MR) is 62.0 cm³/mol. The average molecular weight is 236 g/mol. The number of carboxylic acid groups (broad SMARTS) is 1. The molecule has 1 N–H and O–H groups in total. The molecule has 2 atom stereocenters. The molecule has 2 rings (SSSR count). The summed E-state index contributed by atoms with van der Waals surface area (Å²) in [5.74, 6) is -1.45. The van der Waals surface area contributed by atoms with Gasteiger partial charge in [-0.05, 0) is 12.0 Å². The first-order valence-electron chi connectivity index (χ1n) is 5.74. The number of rotatable bonds is 5. The Balaban J connectivity index is 1.95. The predicted octanol–water partition coefficient (Wildman–Crippen LogP) is 1.66. The number of hydrogen-bond acceptors (Lipinski definition) is 3. The highest BCUT2D eigenvalue weighted by Gasteiger charge is 2.23. The van der Waals surface area contributed by atoms with Gasteiger partial charge in [-0.15, -0.1) is 0 Å². The van der Waals surface area contributed by atoms with Gasteiger partial charge in [0.15, 0.2) is 0 Å². The van der Waals surface area contributed by atoms with E-state index in [1.807, 2.05) is 30.3 Å². The third-order valence-corrected chi connectivity index (χ3v) is 2.89. The van der Waals surface area contributed by atoms with Gasteiger partial charge in [-0.25, -0.2) is 0 Å². The van der Waals surface area contributed by atoms with Crippen LogP contribution < -0.4 is 0 Å². The van der Waals surface area contributed by atoms with E-state index in [0.717, 1.165) is 12.0 Å². The molecule has 0 spiro atoms. The van der Waals surface area contributed by atoms with Crippen molar-refractivity contribution >= 4 is 5.97 Å². The SMILES string of the molecule is O=C(O)C(COC1CCOC1)c1ccccc1. The van der Waals surface area contributed by atoms with Crippen molar-refractivity contribution < 1.29 is 19.4 Å². The summed E-state index contributed by atoms with van der Waals surface area (Å²) in [6, 6.07) is 9.17. The number of carboxylic acids is 1. The summed E-state index contributed by atoms with van der Waals surface area (Å²) in [4.78, 5) is 11.2. The van der Waals surface area contributed by atoms with E-state index in [4.69, 9.17) is 9.47 Å². The fourth-order valence-corrected chi connectivity index (χ4v) is 1.87. The molecule has 1 saturated heterocycles. The molecular formula is C13H16O4. The smallest absolute Gasteiger partial charge is 0.313 e. The highest BCUT2D eigenvalue weighted by molar-refractivity contribution is 5.76. The highest BCUT2D eigenvalue weighted by Crippen LogP contribution is 2.18. The molecule has 1 aliphatic rings. The maximum atomic E-state index is 11.2. The molecule has 0 aliphatic carbocycles. The van der Waals surface area contributed by atoms with Crippen LogP contribution in [0, 0.1) is 0 Å². The maximum absolute atomic E-state index is 11.2. The van der Waals surface area contributed by atoms with E-state index in [1.165, 1.54) is 0 Å². The number of carbonyl (C=O) groups is 1. The summed E-state index contributed by atoms with van der Waals surface area (Å²) in [6.45, 7) is 1.47. The van der Waals surface area contributed by atoms with Gasteiger partial charge in [-0.2, -0.15) is 0 Å². The van der Waals surface area contributed by atoms with Crippen LogP contribution in [-0.2, 0) is 14.3 Å². The van der Waals surface area contributed by atoms with Crippen molar-refractivity contribution in [2.24, 2.45) is 0 Å². The van der Waals surface area contributed by atoms with Crippen molar-refractivity contribution in [3.05, 3.63) is 35.9 Å². The van der Waals surface area contributed by atoms with Crippen LogP contribution in [0.1, 0.15) is 17.9 Å². The first-order chi connectivity index (χ1) is 8.27. The molecule has 4 nitrogen and oxygen atoms in total. The van der Waals surface area contributed by atoms with Gasteiger partial charge < -0.3 is 14.6 Å². The molecule has 4 heteroatoms. The van der Waals surface area contributed by atoms with Gasteiger partial charge in [0.05, 0.1) is 19.3 Å². The molecule has 0 saturated carbocycles. The summed E-state index contributed by atoms with van der Waals surface area (Å²) in [7, 11) is 0. The Kier molecular flexibility index (Phi) is 4.12. The lowest BCUT2D eigenvalue weighted by molar-refractivity contribution is -0.141. The van der Waals surface area contributed by atoms with Gasteiger partial charge in [-0.3, -0.25) is 4.79 Å². The van der Waals surface area contributed by atoms with Crippen molar-refractivity contribution in [3.8, 4) is 0 Å². The fourth-order valence-electron chi connectivity index (χ4n) is 1.87. The van der Waals surface area contributed by atoms with Crippen molar-refractivity contribution in [2.75, 3.05) is 19.8 Å². The van der Waals surface area contributed by atoms with Crippen LogP contribution >= 0.6 is 0 Å². The molecule has 2 unspecified atom stereocenters. The summed E-state index contributed by atoms with van der Waals surface area (Å²) >= 11 is 0. The lowest BCUT2D eigenvalue weighted by Gasteiger charge is -2.16. The van der Waals surface area contributed by atoms with Crippen LogP contribution in [0.15, 0.2) is 30.3 Å².